The molecule has 2 amide bonds. The minimum absolute atomic E-state index is 0.0453. The van der Waals surface area contributed by atoms with E-state index in [0.717, 1.165) is 42.5 Å². The van der Waals surface area contributed by atoms with Gasteiger partial charge in [0.25, 0.3) is 5.56 Å². The van der Waals surface area contributed by atoms with E-state index >= 15 is 0 Å². The summed E-state index contributed by atoms with van der Waals surface area (Å²) in [6.45, 7) is 6.27. The van der Waals surface area contributed by atoms with E-state index in [0.29, 0.717) is 12.2 Å². The van der Waals surface area contributed by atoms with Crippen LogP contribution in [0.15, 0.2) is 16.9 Å². The Kier molecular flexibility index (Phi) is 6.19. The van der Waals surface area contributed by atoms with Crippen LogP contribution in [0.5, 0.6) is 0 Å². The second-order valence-corrected chi connectivity index (χ2v) is 8.28. The van der Waals surface area contributed by atoms with E-state index in [1.165, 1.54) is 7.05 Å². The molecule has 6 nitrogen and oxygen atoms in total. The van der Waals surface area contributed by atoms with Gasteiger partial charge in [0, 0.05) is 25.0 Å². The first kappa shape index (κ1) is 21.2. The lowest BCUT2D eigenvalue weighted by Crippen LogP contribution is -2.46. The van der Waals surface area contributed by atoms with Crippen LogP contribution in [0.1, 0.15) is 58.2 Å². The molecule has 0 radical (unpaired) electrons. The van der Waals surface area contributed by atoms with E-state index in [1.54, 1.807) is 11.8 Å². The van der Waals surface area contributed by atoms with Crippen molar-refractivity contribution in [3.8, 4) is 0 Å². The van der Waals surface area contributed by atoms with Gasteiger partial charge in [0.15, 0.2) is 11.6 Å². The van der Waals surface area contributed by atoms with Crippen LogP contribution in [-0.4, -0.2) is 33.3 Å². The van der Waals surface area contributed by atoms with Gasteiger partial charge in [-0.15, -0.1) is 0 Å². The molecule has 1 aliphatic rings. The van der Waals surface area contributed by atoms with Crippen molar-refractivity contribution in [2.24, 2.45) is 13.0 Å². The van der Waals surface area contributed by atoms with Crippen LogP contribution in [0.25, 0.3) is 10.8 Å². The monoisotopic (exact) mass is 406 g/mol. The molecule has 0 aliphatic heterocycles. The molecule has 1 N–H and O–H groups in total. The quantitative estimate of drug-likeness (QED) is 0.819. The highest BCUT2D eigenvalue weighted by Crippen LogP contribution is 2.28. The summed E-state index contributed by atoms with van der Waals surface area (Å²) in [6.07, 6.45) is 4.12. The Hall–Kier alpha value is -2.51. The van der Waals surface area contributed by atoms with Gasteiger partial charge in [-0.05, 0) is 37.8 Å². The number of aryl methyl sites for hydroxylation is 1. The van der Waals surface area contributed by atoms with Crippen molar-refractivity contribution in [2.75, 3.05) is 6.54 Å². The molecule has 2 aromatic rings. The number of benzene rings is 1. The Bertz CT molecular complexity index is 967. The fourth-order valence-corrected chi connectivity index (χ4v) is 3.97. The van der Waals surface area contributed by atoms with Crippen LogP contribution < -0.4 is 10.9 Å². The minimum atomic E-state index is -1.09. The Balaban J connectivity index is 2.04. The zero-order chi connectivity index (χ0) is 21.3. The van der Waals surface area contributed by atoms with Crippen LogP contribution in [0.4, 0.5) is 13.6 Å². The Morgan fingerprint density at radius 2 is 1.79 bits per heavy atom. The summed E-state index contributed by atoms with van der Waals surface area (Å²) < 4.78 is 28.8. The number of carbonyl (C=O) groups is 1. The first-order chi connectivity index (χ1) is 13.7. The topological polar surface area (TPSA) is 67.2 Å². The molecule has 29 heavy (non-hydrogen) atoms. The molecule has 0 spiro atoms. The largest absolute Gasteiger partial charge is 0.335 e. The maximum absolute atomic E-state index is 14.0. The van der Waals surface area contributed by atoms with Gasteiger partial charge in [0.1, 0.15) is 0 Å². The van der Waals surface area contributed by atoms with E-state index < -0.39 is 23.2 Å². The molecule has 1 fully saturated rings. The third-order valence-corrected chi connectivity index (χ3v) is 5.49. The molecule has 8 heteroatoms. The maximum atomic E-state index is 14.0. The molecule has 1 saturated carbocycles. The number of fused-ring (bicyclic) bond motifs is 1. The van der Waals surface area contributed by atoms with Crippen LogP contribution >= 0.6 is 0 Å². The molecule has 158 valence electrons. The highest BCUT2D eigenvalue weighted by molar-refractivity contribution is 5.85. The number of urea groups is 1. The number of aromatic nitrogens is 2. The van der Waals surface area contributed by atoms with Gasteiger partial charge < -0.3 is 10.2 Å². The lowest BCUT2D eigenvalue weighted by Gasteiger charge is -2.32. The van der Waals surface area contributed by atoms with Crippen molar-refractivity contribution in [3.63, 3.8) is 0 Å². The SMILES string of the molecule is CC(C)CN(C(=O)NC1CCCC1)[C@H](C)c1nn(C)c(=O)c2cc(F)c(F)cc12. The van der Waals surface area contributed by atoms with Crippen molar-refractivity contribution in [1.82, 2.24) is 20.0 Å². The smallest absolute Gasteiger partial charge is 0.318 e. The van der Waals surface area contributed by atoms with Crippen molar-refractivity contribution in [3.05, 3.63) is 39.8 Å². The Labute approximate surface area is 168 Å². The zero-order valence-corrected chi connectivity index (χ0v) is 17.3. The first-order valence-corrected chi connectivity index (χ1v) is 10.1. The van der Waals surface area contributed by atoms with Gasteiger partial charge in [0.2, 0.25) is 0 Å². The molecule has 0 bridgehead atoms. The summed E-state index contributed by atoms with van der Waals surface area (Å²) in [6, 6.07) is 1.31. The average molecular weight is 406 g/mol. The number of nitrogens with one attached hydrogen (secondary N) is 1. The van der Waals surface area contributed by atoms with Gasteiger partial charge in [0.05, 0.1) is 17.1 Å². The third-order valence-electron chi connectivity index (χ3n) is 5.49. The molecule has 0 saturated heterocycles. The number of nitrogens with zero attached hydrogens (tertiary/aromatic N) is 3. The Morgan fingerprint density at radius 3 is 2.38 bits per heavy atom. The third kappa shape index (κ3) is 4.41. The van der Waals surface area contributed by atoms with E-state index in [4.69, 9.17) is 0 Å². The van der Waals surface area contributed by atoms with Crippen LogP contribution in [0, 0.1) is 17.6 Å². The molecule has 1 aromatic heterocycles. The highest BCUT2D eigenvalue weighted by atomic mass is 19.2. The summed E-state index contributed by atoms with van der Waals surface area (Å²) in [7, 11) is 1.46. The zero-order valence-electron chi connectivity index (χ0n) is 17.3. The fourth-order valence-electron chi connectivity index (χ4n) is 3.97. The van der Waals surface area contributed by atoms with Crippen molar-refractivity contribution < 1.29 is 13.6 Å². The van der Waals surface area contributed by atoms with Crippen LogP contribution in [-0.2, 0) is 7.05 Å². The molecular formula is C21H28F2N4O2. The lowest BCUT2D eigenvalue weighted by molar-refractivity contribution is 0.165. The molecule has 1 heterocycles. The van der Waals surface area contributed by atoms with Gasteiger partial charge in [-0.3, -0.25) is 4.79 Å². The van der Waals surface area contributed by atoms with Gasteiger partial charge >= 0.3 is 6.03 Å². The maximum Gasteiger partial charge on any atom is 0.318 e. The minimum Gasteiger partial charge on any atom is -0.335 e. The molecule has 0 unspecified atom stereocenters. The first-order valence-electron chi connectivity index (χ1n) is 10.1. The number of halogens is 2. The highest BCUT2D eigenvalue weighted by Gasteiger charge is 2.28. The van der Waals surface area contributed by atoms with Crippen molar-refractivity contribution in [1.29, 1.82) is 0 Å². The standard InChI is InChI=1S/C21H28F2N4O2/c1-12(2)11-27(21(29)24-14-7-5-6-8-14)13(3)19-15-9-17(22)18(23)10-16(15)20(28)26(4)25-19/h9-10,12-14H,5-8,11H2,1-4H3,(H,24,29)/t13-/m1/s1. The lowest BCUT2D eigenvalue weighted by atomic mass is 10.0. The number of amides is 2. The second-order valence-electron chi connectivity index (χ2n) is 8.28. The number of carbonyl (C=O) groups excluding carboxylic acids is 1. The number of hydrogen-bond donors (Lipinski definition) is 1. The fraction of sp³-hybridized carbons (Fsp3) is 0.571. The predicted molar refractivity (Wildman–Crippen MR) is 108 cm³/mol. The summed E-state index contributed by atoms with van der Waals surface area (Å²) >= 11 is 0. The van der Waals surface area contributed by atoms with Gasteiger partial charge in [-0.2, -0.15) is 5.10 Å². The molecule has 1 aliphatic carbocycles. The van der Waals surface area contributed by atoms with Crippen molar-refractivity contribution in [2.45, 2.75) is 58.5 Å². The van der Waals surface area contributed by atoms with Gasteiger partial charge in [-0.1, -0.05) is 26.7 Å². The predicted octanol–water partition coefficient (Wildman–Crippen LogP) is 3.88. The normalized spacial score (nSPS) is 15.8. The Morgan fingerprint density at radius 1 is 1.21 bits per heavy atom. The molecule has 1 aromatic carbocycles. The average Bonchev–Trinajstić information content (AvgIpc) is 3.16. The summed E-state index contributed by atoms with van der Waals surface area (Å²) in [5.74, 6) is -1.94. The van der Waals surface area contributed by atoms with Gasteiger partial charge in [-0.25, -0.2) is 18.3 Å². The summed E-state index contributed by atoms with van der Waals surface area (Å²) in [5.41, 5.74) is -0.149. The molecule has 3 rings (SSSR count). The van der Waals surface area contributed by atoms with E-state index in [-0.39, 0.29) is 28.8 Å². The number of rotatable bonds is 5. The van der Waals surface area contributed by atoms with Crippen LogP contribution in [0.3, 0.4) is 0 Å². The van der Waals surface area contributed by atoms with E-state index in [1.807, 2.05) is 13.8 Å². The molecular weight excluding hydrogens is 378 g/mol. The van der Waals surface area contributed by atoms with Crippen LogP contribution in [0.2, 0.25) is 0 Å². The number of hydrogen-bond acceptors (Lipinski definition) is 3. The second kappa shape index (κ2) is 8.47. The summed E-state index contributed by atoms with van der Waals surface area (Å²) in [5, 5.41) is 7.66. The molecule has 1 atom stereocenters. The van der Waals surface area contributed by atoms with E-state index in [9.17, 15) is 18.4 Å². The summed E-state index contributed by atoms with van der Waals surface area (Å²) in [4.78, 5) is 27.1. The van der Waals surface area contributed by atoms with Crippen molar-refractivity contribution >= 4 is 16.8 Å². The van der Waals surface area contributed by atoms with E-state index in [2.05, 4.69) is 10.4 Å².